The summed E-state index contributed by atoms with van der Waals surface area (Å²) >= 11 is 0. The number of hydrogen-bond donors (Lipinski definition) is 0. The third kappa shape index (κ3) is 16.2. The van der Waals surface area contributed by atoms with Crippen molar-refractivity contribution in [3.63, 3.8) is 0 Å². The van der Waals surface area contributed by atoms with Crippen LogP contribution in [-0.2, 0) is 45.4 Å². The van der Waals surface area contributed by atoms with Crippen LogP contribution in [-0.4, -0.2) is 23.9 Å². The second kappa shape index (κ2) is 11.3. The summed E-state index contributed by atoms with van der Waals surface area (Å²) in [6.07, 6.45) is -1.36. The zero-order valence-electron chi connectivity index (χ0n) is 9.59. The molecule has 0 rings (SSSR count). The van der Waals surface area contributed by atoms with Crippen LogP contribution in [0.4, 0.5) is 0 Å². The van der Waals surface area contributed by atoms with Gasteiger partial charge in [0.15, 0.2) is 0 Å². The first-order valence-electron chi connectivity index (χ1n) is 4.25. The van der Waals surface area contributed by atoms with E-state index in [1.54, 1.807) is 0 Å². The van der Waals surface area contributed by atoms with Gasteiger partial charge in [-0.2, -0.15) is 0 Å². The van der Waals surface area contributed by atoms with Gasteiger partial charge in [0.25, 0.3) is 0 Å². The van der Waals surface area contributed by atoms with Gasteiger partial charge in [-0.05, 0) is 11.1 Å². The van der Waals surface area contributed by atoms with Crippen LogP contribution < -0.4 is 20.4 Å². The summed E-state index contributed by atoms with van der Waals surface area (Å²) in [5.74, 6) is -6.05. The summed E-state index contributed by atoms with van der Waals surface area (Å²) in [5.41, 5.74) is -0.954. The molecule has 0 fully saturated rings. The van der Waals surface area contributed by atoms with Crippen molar-refractivity contribution < 1.29 is 65.8 Å². The van der Waals surface area contributed by atoms with Gasteiger partial charge in [-0.15, -0.1) is 0 Å². The van der Waals surface area contributed by atoms with E-state index in [0.717, 1.165) is 0 Å². The molecule has 8 nitrogen and oxygen atoms in total. The second-order valence-corrected chi connectivity index (χ2v) is 2.88. The maximum absolute atomic E-state index is 9.73. The number of rotatable bonds is 6. The van der Waals surface area contributed by atoms with Gasteiger partial charge in [0, 0.05) is 24.8 Å². The van der Waals surface area contributed by atoms with E-state index in [2.05, 4.69) is 13.2 Å². The third-order valence-corrected chi connectivity index (χ3v) is 1.29. The van der Waals surface area contributed by atoms with Crippen LogP contribution in [0, 0.1) is 0 Å². The van der Waals surface area contributed by atoms with Crippen molar-refractivity contribution in [2.45, 2.75) is 12.8 Å². The summed E-state index contributed by atoms with van der Waals surface area (Å²) in [4.78, 5) is 38.8. The van der Waals surface area contributed by atoms with E-state index in [9.17, 15) is 39.6 Å². The molecule has 0 bridgehead atoms. The Hall–Kier alpha value is -1.76. The van der Waals surface area contributed by atoms with Gasteiger partial charge in [0.05, 0.1) is 11.9 Å². The summed E-state index contributed by atoms with van der Waals surface area (Å²) in [6, 6.07) is 0. The number of aliphatic carboxylic acids is 4. The zero-order chi connectivity index (χ0) is 14.9. The van der Waals surface area contributed by atoms with Crippen molar-refractivity contribution in [1.29, 1.82) is 0 Å². The molecule has 0 aromatic carbocycles. The number of carboxylic acids is 4. The van der Waals surface area contributed by atoms with Crippen LogP contribution in [0.1, 0.15) is 12.8 Å². The zero-order valence-corrected chi connectivity index (χ0v) is 12.1. The summed E-state index contributed by atoms with van der Waals surface area (Å²) in [6.45, 7) is 5.82. The van der Waals surface area contributed by atoms with Crippen molar-refractivity contribution in [2.24, 2.45) is 0 Å². The van der Waals surface area contributed by atoms with Crippen LogP contribution in [0.2, 0.25) is 0 Å². The molecule has 0 saturated carbocycles. The molecule has 0 amide bonds. The quantitative estimate of drug-likeness (QED) is 0.431. The van der Waals surface area contributed by atoms with E-state index in [0.29, 0.717) is 0 Å². The Kier molecular flexibility index (Phi) is 13.4. The molecule has 0 aliphatic heterocycles. The molecule has 9 heteroatoms. The van der Waals surface area contributed by atoms with E-state index in [1.807, 2.05) is 0 Å². The molecular formula is C10H8O8Zr. The van der Waals surface area contributed by atoms with Gasteiger partial charge in [-0.3, -0.25) is 0 Å². The molecule has 0 heterocycles. The Morgan fingerprint density at radius 2 is 0.895 bits per heavy atom. The van der Waals surface area contributed by atoms with Crippen LogP contribution in [0.3, 0.4) is 0 Å². The van der Waals surface area contributed by atoms with Crippen molar-refractivity contribution in [1.82, 2.24) is 0 Å². The van der Waals surface area contributed by atoms with E-state index in [4.69, 9.17) is 0 Å². The van der Waals surface area contributed by atoms with Gasteiger partial charge >= 0.3 is 26.2 Å². The van der Waals surface area contributed by atoms with Crippen molar-refractivity contribution in [2.75, 3.05) is 0 Å². The van der Waals surface area contributed by atoms with E-state index < -0.39 is 47.9 Å². The molecule has 0 saturated heterocycles. The monoisotopic (exact) mass is 346 g/mol. The average Bonchev–Trinajstić information content (AvgIpc) is 2.16. The van der Waals surface area contributed by atoms with Crippen LogP contribution in [0.15, 0.2) is 24.3 Å². The summed E-state index contributed by atoms with van der Waals surface area (Å²) in [7, 11) is 0. The Labute approximate surface area is 127 Å². The number of carboxylic acid groups (broad SMARTS) is 4. The minimum absolute atomic E-state index is 0. The van der Waals surface area contributed by atoms with Crippen molar-refractivity contribution >= 4 is 23.9 Å². The normalized spacial score (nSPS) is 8.00. The van der Waals surface area contributed by atoms with Crippen LogP contribution >= 0.6 is 0 Å². The number of hydrogen-bond acceptors (Lipinski definition) is 8. The minimum atomic E-state index is -1.56. The predicted octanol–water partition coefficient (Wildman–Crippen LogP) is -5.14. The molecule has 0 atom stereocenters. The first-order chi connectivity index (χ1) is 8.07. The third-order valence-electron chi connectivity index (χ3n) is 1.29. The second-order valence-electron chi connectivity index (χ2n) is 2.88. The molecule has 19 heavy (non-hydrogen) atoms. The van der Waals surface area contributed by atoms with Crippen LogP contribution in [0.25, 0.3) is 0 Å². The SMILES string of the molecule is C=C(CC(=O)[O-])C(=O)[O-].C=C(CC(=O)[O-])C(=O)[O-].[Zr+4]. The first kappa shape index (κ1) is 22.4. The first-order valence-corrected chi connectivity index (χ1v) is 4.25. The van der Waals surface area contributed by atoms with Gasteiger partial charge < -0.3 is 39.6 Å². The Morgan fingerprint density at radius 3 is 0.947 bits per heavy atom. The molecule has 100 valence electrons. The Balaban J connectivity index is -0.000000256. The fourth-order valence-electron chi connectivity index (χ4n) is 0.493. The Morgan fingerprint density at radius 1 is 0.684 bits per heavy atom. The summed E-state index contributed by atoms with van der Waals surface area (Å²) in [5, 5.41) is 38.8. The van der Waals surface area contributed by atoms with Crippen molar-refractivity contribution in [3.8, 4) is 0 Å². The number of carbonyl (C=O) groups excluding carboxylic acids is 4. The fourth-order valence-corrected chi connectivity index (χ4v) is 0.493. The topological polar surface area (TPSA) is 161 Å². The Bertz CT molecular complexity index is 360. The molecule has 0 N–H and O–H groups in total. The van der Waals surface area contributed by atoms with Gasteiger partial charge in [0.2, 0.25) is 0 Å². The standard InChI is InChI=1S/2C5H6O4.Zr/c2*1-3(5(8)9)2-4(6)7;/h2*1-2H2,(H,6,7)(H,8,9);/q;;+4/p-4. The minimum Gasteiger partial charge on any atom is -0.550 e. The van der Waals surface area contributed by atoms with E-state index in [-0.39, 0.29) is 26.2 Å². The smallest absolute Gasteiger partial charge is 0.550 e. The molecular weight excluding hydrogens is 339 g/mol. The maximum Gasteiger partial charge on any atom is 4.00 e. The molecule has 0 spiro atoms. The van der Waals surface area contributed by atoms with Crippen LogP contribution in [0.5, 0.6) is 0 Å². The fraction of sp³-hybridized carbons (Fsp3) is 0.200. The molecule has 0 aromatic heterocycles. The van der Waals surface area contributed by atoms with Gasteiger partial charge in [-0.25, -0.2) is 0 Å². The summed E-state index contributed by atoms with van der Waals surface area (Å²) < 4.78 is 0. The number of carbonyl (C=O) groups is 4. The molecule has 0 aromatic rings. The molecule has 0 aliphatic rings. The molecule has 0 radical (unpaired) electrons. The molecule has 0 aliphatic carbocycles. The van der Waals surface area contributed by atoms with E-state index in [1.165, 1.54) is 0 Å². The molecule has 0 unspecified atom stereocenters. The van der Waals surface area contributed by atoms with Gasteiger partial charge in [-0.1, -0.05) is 13.2 Å². The van der Waals surface area contributed by atoms with E-state index >= 15 is 0 Å². The maximum atomic E-state index is 9.73. The van der Waals surface area contributed by atoms with Crippen molar-refractivity contribution in [3.05, 3.63) is 24.3 Å². The average molecular weight is 347 g/mol. The predicted molar refractivity (Wildman–Crippen MR) is 47.5 cm³/mol. The largest absolute Gasteiger partial charge is 4.00 e. The van der Waals surface area contributed by atoms with Gasteiger partial charge in [0.1, 0.15) is 0 Å².